The third kappa shape index (κ3) is 3.77. The van der Waals surface area contributed by atoms with Gasteiger partial charge in [0.2, 0.25) is 5.95 Å². The third-order valence-corrected chi connectivity index (χ3v) is 4.89. The highest BCUT2D eigenvalue weighted by Crippen LogP contribution is 2.23. The lowest BCUT2D eigenvalue weighted by atomic mass is 9.98. The topological polar surface area (TPSA) is 114 Å². The van der Waals surface area contributed by atoms with Crippen molar-refractivity contribution in [2.45, 2.75) is 12.8 Å². The molecule has 1 amide bonds. The minimum absolute atomic E-state index is 0.198. The van der Waals surface area contributed by atoms with E-state index in [4.69, 9.17) is 17.3 Å². The summed E-state index contributed by atoms with van der Waals surface area (Å²) in [6.07, 6.45) is 5.06. The van der Waals surface area contributed by atoms with Crippen molar-refractivity contribution in [2.75, 3.05) is 30.3 Å². The van der Waals surface area contributed by atoms with Gasteiger partial charge in [-0.3, -0.25) is 9.20 Å². The zero-order valence-electron chi connectivity index (χ0n) is 14.5. The molecule has 0 unspecified atom stereocenters. The van der Waals surface area contributed by atoms with E-state index in [9.17, 15) is 4.79 Å². The van der Waals surface area contributed by atoms with Crippen molar-refractivity contribution < 1.29 is 4.79 Å². The Morgan fingerprint density at radius 2 is 2.30 bits per heavy atom. The molecular weight excluding hydrogens is 368 g/mol. The van der Waals surface area contributed by atoms with Crippen LogP contribution in [0.5, 0.6) is 0 Å². The summed E-state index contributed by atoms with van der Waals surface area (Å²) in [5, 5.41) is 11.4. The summed E-state index contributed by atoms with van der Waals surface area (Å²) >= 11 is 5.81. The fourth-order valence-corrected chi connectivity index (χ4v) is 3.39. The SMILES string of the molecule is Nc1nc(N2CCC[C@H](CNC(=O)c3ccc(Cl)cn3)C2)cc2nncn12. The molecule has 0 spiro atoms. The van der Waals surface area contributed by atoms with E-state index >= 15 is 0 Å². The molecule has 4 rings (SSSR count). The Kier molecular flexibility index (Phi) is 4.76. The summed E-state index contributed by atoms with van der Waals surface area (Å²) in [4.78, 5) is 22.9. The first kappa shape index (κ1) is 17.5. The molecular formula is C17H19ClN8O. The predicted octanol–water partition coefficient (Wildman–Crippen LogP) is 1.40. The van der Waals surface area contributed by atoms with Crippen molar-refractivity contribution in [1.29, 1.82) is 0 Å². The largest absolute Gasteiger partial charge is 0.369 e. The summed E-state index contributed by atoms with van der Waals surface area (Å²) in [7, 11) is 0. The number of aromatic nitrogens is 5. The number of carbonyl (C=O) groups excluding carboxylic acids is 1. The van der Waals surface area contributed by atoms with Crippen LogP contribution in [0.3, 0.4) is 0 Å². The van der Waals surface area contributed by atoms with Crippen LogP contribution in [0.15, 0.2) is 30.7 Å². The monoisotopic (exact) mass is 386 g/mol. The summed E-state index contributed by atoms with van der Waals surface area (Å²) in [5.41, 5.74) is 7.02. The summed E-state index contributed by atoms with van der Waals surface area (Å²) in [6.45, 7) is 2.24. The normalized spacial score (nSPS) is 17.2. The van der Waals surface area contributed by atoms with E-state index in [0.717, 1.165) is 31.7 Å². The smallest absolute Gasteiger partial charge is 0.269 e. The molecule has 27 heavy (non-hydrogen) atoms. The number of carbonyl (C=O) groups is 1. The highest BCUT2D eigenvalue weighted by atomic mass is 35.5. The zero-order chi connectivity index (χ0) is 18.8. The van der Waals surface area contributed by atoms with Crippen molar-refractivity contribution in [3.05, 3.63) is 41.4 Å². The van der Waals surface area contributed by atoms with Gasteiger partial charge in [-0.25, -0.2) is 4.98 Å². The molecule has 0 saturated carbocycles. The van der Waals surface area contributed by atoms with Crippen LogP contribution in [0.1, 0.15) is 23.3 Å². The van der Waals surface area contributed by atoms with Crippen LogP contribution in [0.4, 0.5) is 11.8 Å². The molecule has 3 N–H and O–H groups in total. The molecule has 9 nitrogen and oxygen atoms in total. The number of nitrogen functional groups attached to an aromatic ring is 1. The van der Waals surface area contributed by atoms with Gasteiger partial charge in [0.15, 0.2) is 5.65 Å². The van der Waals surface area contributed by atoms with Gasteiger partial charge in [0.05, 0.1) is 5.02 Å². The maximum atomic E-state index is 12.2. The number of hydrogen-bond donors (Lipinski definition) is 2. The molecule has 1 fully saturated rings. The highest BCUT2D eigenvalue weighted by Gasteiger charge is 2.23. The first-order valence-corrected chi connectivity index (χ1v) is 9.09. The number of nitrogens with two attached hydrogens (primary N) is 1. The number of rotatable bonds is 4. The minimum atomic E-state index is -0.198. The van der Waals surface area contributed by atoms with E-state index in [0.29, 0.717) is 34.8 Å². The molecule has 140 valence electrons. The van der Waals surface area contributed by atoms with E-state index in [1.54, 1.807) is 22.9 Å². The number of nitrogens with zero attached hydrogens (tertiary/aromatic N) is 6. The molecule has 1 aliphatic rings. The number of anilines is 2. The van der Waals surface area contributed by atoms with E-state index in [1.165, 1.54) is 6.20 Å². The van der Waals surface area contributed by atoms with Crippen molar-refractivity contribution in [2.24, 2.45) is 5.92 Å². The van der Waals surface area contributed by atoms with Crippen molar-refractivity contribution in [3.63, 3.8) is 0 Å². The maximum Gasteiger partial charge on any atom is 0.269 e. The molecule has 0 radical (unpaired) electrons. The second-order valence-electron chi connectivity index (χ2n) is 6.56. The number of amides is 1. The van der Waals surface area contributed by atoms with Crippen LogP contribution in [0.25, 0.3) is 5.65 Å². The first-order valence-electron chi connectivity index (χ1n) is 8.71. The van der Waals surface area contributed by atoms with E-state index in [1.807, 2.05) is 6.07 Å². The zero-order valence-corrected chi connectivity index (χ0v) is 15.3. The van der Waals surface area contributed by atoms with Gasteiger partial charge < -0.3 is 16.0 Å². The summed E-state index contributed by atoms with van der Waals surface area (Å²) in [6, 6.07) is 5.15. The van der Waals surface area contributed by atoms with Crippen LogP contribution >= 0.6 is 11.6 Å². The van der Waals surface area contributed by atoms with Crippen LogP contribution in [0, 0.1) is 5.92 Å². The van der Waals surface area contributed by atoms with E-state index < -0.39 is 0 Å². The molecule has 1 aliphatic heterocycles. The highest BCUT2D eigenvalue weighted by molar-refractivity contribution is 6.30. The Bertz CT molecular complexity index is 957. The molecule has 10 heteroatoms. The molecule has 3 aromatic heterocycles. The second kappa shape index (κ2) is 7.36. The predicted molar refractivity (Wildman–Crippen MR) is 102 cm³/mol. The van der Waals surface area contributed by atoms with E-state index in [2.05, 4.69) is 30.4 Å². The van der Waals surface area contributed by atoms with Gasteiger partial charge in [0.1, 0.15) is 17.8 Å². The lowest BCUT2D eigenvalue weighted by molar-refractivity contribution is 0.0940. The number of piperidine rings is 1. The molecule has 1 saturated heterocycles. The number of nitrogens with one attached hydrogen (secondary N) is 1. The second-order valence-corrected chi connectivity index (χ2v) is 6.99. The standard InChI is InChI=1S/C17H19ClN8O/c18-12-3-4-13(20-8-12)16(27)21-7-11-2-1-5-25(9-11)14-6-15-24-22-10-26(15)17(19)23-14/h3-4,6,8,10-11H,1-2,5,7,9H2,(H2,19,23)(H,21,27)/t11-/m1/s1. The molecule has 0 aromatic carbocycles. The third-order valence-electron chi connectivity index (χ3n) is 4.66. The van der Waals surface area contributed by atoms with Crippen molar-refractivity contribution in [3.8, 4) is 0 Å². The molecule has 4 heterocycles. The maximum absolute atomic E-state index is 12.2. The molecule has 3 aromatic rings. The Morgan fingerprint density at radius 3 is 3.11 bits per heavy atom. The Labute approximate surface area is 160 Å². The fraction of sp³-hybridized carbons (Fsp3) is 0.353. The number of fused-ring (bicyclic) bond motifs is 1. The van der Waals surface area contributed by atoms with Gasteiger partial charge >= 0.3 is 0 Å². The summed E-state index contributed by atoms with van der Waals surface area (Å²) < 4.78 is 1.64. The first-order chi connectivity index (χ1) is 13.1. The number of hydrogen-bond acceptors (Lipinski definition) is 7. The number of pyridine rings is 1. The Balaban J connectivity index is 1.40. The van der Waals surface area contributed by atoms with Crippen LogP contribution in [-0.2, 0) is 0 Å². The quantitative estimate of drug-likeness (QED) is 0.696. The van der Waals surface area contributed by atoms with Gasteiger partial charge in [-0.1, -0.05) is 11.6 Å². The van der Waals surface area contributed by atoms with Crippen LogP contribution in [-0.4, -0.2) is 50.1 Å². The Morgan fingerprint density at radius 1 is 1.41 bits per heavy atom. The van der Waals surface area contributed by atoms with Gasteiger partial charge in [-0.05, 0) is 30.9 Å². The van der Waals surface area contributed by atoms with E-state index in [-0.39, 0.29) is 5.91 Å². The van der Waals surface area contributed by atoms with Gasteiger partial charge in [-0.15, -0.1) is 10.2 Å². The average molecular weight is 387 g/mol. The molecule has 0 bridgehead atoms. The van der Waals surface area contributed by atoms with Crippen LogP contribution < -0.4 is 16.0 Å². The van der Waals surface area contributed by atoms with Crippen molar-refractivity contribution in [1.82, 2.24) is 29.9 Å². The van der Waals surface area contributed by atoms with Gasteiger partial charge in [0, 0.05) is 31.9 Å². The van der Waals surface area contributed by atoms with Crippen LogP contribution in [0.2, 0.25) is 5.02 Å². The Hall–Kier alpha value is -2.94. The molecule has 0 aliphatic carbocycles. The minimum Gasteiger partial charge on any atom is -0.369 e. The molecule has 1 atom stereocenters. The lowest BCUT2D eigenvalue weighted by Gasteiger charge is -2.33. The van der Waals surface area contributed by atoms with Gasteiger partial charge in [0.25, 0.3) is 5.91 Å². The summed E-state index contributed by atoms with van der Waals surface area (Å²) in [5.74, 6) is 1.25. The lowest BCUT2D eigenvalue weighted by Crippen LogP contribution is -2.41. The van der Waals surface area contributed by atoms with Crippen molar-refractivity contribution >= 4 is 34.9 Å². The average Bonchev–Trinajstić information content (AvgIpc) is 3.16. The van der Waals surface area contributed by atoms with Gasteiger partial charge in [-0.2, -0.15) is 4.98 Å². The number of halogens is 1. The fourth-order valence-electron chi connectivity index (χ4n) is 3.28.